The number of ether oxygens (including phenoxy) is 1. The number of aromatic amines is 1. The summed E-state index contributed by atoms with van der Waals surface area (Å²) >= 11 is 5.86. The summed E-state index contributed by atoms with van der Waals surface area (Å²) in [5, 5.41) is -0.335. The zero-order chi connectivity index (χ0) is 21.3. The number of aromatic nitrogens is 2. The molecule has 0 aliphatic carbocycles. The molecule has 0 aliphatic rings. The second-order valence-electron chi connectivity index (χ2n) is 6.42. The van der Waals surface area contributed by atoms with Crippen LogP contribution in [0, 0.1) is 24.4 Å². The normalized spacial score (nSPS) is 12.9. The smallest absolute Gasteiger partial charge is 0.194 e. The molecule has 0 aliphatic heterocycles. The lowest BCUT2D eigenvalue weighted by molar-refractivity contribution is 0.0595. The number of aryl methyl sites for hydroxylation is 1. The molecule has 1 heterocycles. The standard InChI is InChI=1S/C19H16ClF3N2O3S/c1-10-19(29(2,26)27)25-18(24-10)17(11-4-6-15(22)14(20)7-11)28-9-12-3-5-13(21)8-16(12)23/h3-8,17H,9H2,1-2H3,(H,24,25)/t17-/m0/s1. The van der Waals surface area contributed by atoms with Crippen molar-refractivity contribution in [3.63, 3.8) is 0 Å². The van der Waals surface area contributed by atoms with Crippen LogP contribution in [0.4, 0.5) is 13.2 Å². The van der Waals surface area contributed by atoms with E-state index < -0.39 is 33.4 Å². The fraction of sp³-hybridized carbons (Fsp3) is 0.211. The van der Waals surface area contributed by atoms with Crippen molar-refractivity contribution in [3.05, 3.63) is 81.5 Å². The molecule has 29 heavy (non-hydrogen) atoms. The molecule has 1 N–H and O–H groups in total. The first-order chi connectivity index (χ1) is 13.6. The molecule has 3 rings (SSSR count). The fourth-order valence-electron chi connectivity index (χ4n) is 2.77. The maximum absolute atomic E-state index is 14.0. The van der Waals surface area contributed by atoms with Crippen molar-refractivity contribution in [2.45, 2.75) is 24.7 Å². The minimum atomic E-state index is -3.61. The molecule has 0 radical (unpaired) electrons. The third-order valence-corrected chi connectivity index (χ3v) is 5.51. The van der Waals surface area contributed by atoms with Gasteiger partial charge in [-0.2, -0.15) is 0 Å². The molecule has 154 valence electrons. The number of imidazole rings is 1. The van der Waals surface area contributed by atoms with Crippen molar-refractivity contribution in [1.82, 2.24) is 9.97 Å². The lowest BCUT2D eigenvalue weighted by Crippen LogP contribution is -2.10. The highest BCUT2D eigenvalue weighted by atomic mass is 35.5. The van der Waals surface area contributed by atoms with Gasteiger partial charge in [-0.15, -0.1) is 0 Å². The summed E-state index contributed by atoms with van der Waals surface area (Å²) in [5.41, 5.74) is 0.737. The Morgan fingerprint density at radius 2 is 1.86 bits per heavy atom. The Morgan fingerprint density at radius 3 is 2.45 bits per heavy atom. The van der Waals surface area contributed by atoms with Gasteiger partial charge in [-0.25, -0.2) is 26.6 Å². The van der Waals surface area contributed by atoms with E-state index in [4.69, 9.17) is 16.3 Å². The predicted molar refractivity (Wildman–Crippen MR) is 101 cm³/mol. The molecule has 5 nitrogen and oxygen atoms in total. The van der Waals surface area contributed by atoms with Crippen molar-refractivity contribution >= 4 is 21.4 Å². The fourth-order valence-corrected chi connectivity index (χ4v) is 3.83. The highest BCUT2D eigenvalue weighted by Crippen LogP contribution is 2.30. The molecule has 0 saturated carbocycles. The molecule has 0 saturated heterocycles. The van der Waals surface area contributed by atoms with Gasteiger partial charge < -0.3 is 9.72 Å². The number of benzene rings is 2. The van der Waals surface area contributed by atoms with E-state index in [1.54, 1.807) is 0 Å². The van der Waals surface area contributed by atoms with Crippen LogP contribution in [-0.2, 0) is 21.2 Å². The average Bonchev–Trinajstić information content (AvgIpc) is 3.01. The van der Waals surface area contributed by atoms with Gasteiger partial charge in [-0.1, -0.05) is 23.7 Å². The Labute approximate surface area is 170 Å². The quantitative estimate of drug-likeness (QED) is 0.607. The van der Waals surface area contributed by atoms with Crippen molar-refractivity contribution < 1.29 is 26.3 Å². The first-order valence-electron chi connectivity index (χ1n) is 8.33. The van der Waals surface area contributed by atoms with E-state index in [2.05, 4.69) is 9.97 Å². The summed E-state index contributed by atoms with van der Waals surface area (Å²) in [6, 6.07) is 6.87. The Bertz CT molecular complexity index is 1170. The second kappa shape index (κ2) is 8.17. The lowest BCUT2D eigenvalue weighted by Gasteiger charge is -2.17. The average molecular weight is 445 g/mol. The molecule has 2 aromatic carbocycles. The van der Waals surface area contributed by atoms with Crippen LogP contribution in [-0.4, -0.2) is 24.6 Å². The summed E-state index contributed by atoms with van der Waals surface area (Å²) in [7, 11) is -3.61. The Morgan fingerprint density at radius 1 is 1.14 bits per heavy atom. The minimum absolute atomic E-state index is 0.0798. The van der Waals surface area contributed by atoms with Gasteiger partial charge in [0.05, 0.1) is 17.3 Å². The van der Waals surface area contributed by atoms with Crippen LogP contribution in [0.25, 0.3) is 0 Å². The van der Waals surface area contributed by atoms with Gasteiger partial charge in [0.1, 0.15) is 29.4 Å². The Balaban J connectivity index is 2.01. The number of hydrogen-bond donors (Lipinski definition) is 1. The van der Waals surface area contributed by atoms with Crippen molar-refractivity contribution in [1.29, 1.82) is 0 Å². The highest BCUT2D eigenvalue weighted by Gasteiger charge is 2.25. The van der Waals surface area contributed by atoms with E-state index in [0.717, 1.165) is 24.5 Å². The molecule has 0 bridgehead atoms. The van der Waals surface area contributed by atoms with Gasteiger partial charge >= 0.3 is 0 Å². The van der Waals surface area contributed by atoms with Crippen molar-refractivity contribution in [3.8, 4) is 0 Å². The van der Waals surface area contributed by atoms with E-state index in [0.29, 0.717) is 5.56 Å². The SMILES string of the molecule is Cc1[nH]c([C@@H](OCc2ccc(F)cc2F)c2ccc(F)c(Cl)c2)nc1S(C)(=O)=O. The van der Waals surface area contributed by atoms with Gasteiger partial charge in [0.25, 0.3) is 0 Å². The molecule has 0 amide bonds. The molecule has 1 aromatic heterocycles. The molecular weight excluding hydrogens is 429 g/mol. The van der Waals surface area contributed by atoms with Gasteiger partial charge in [0, 0.05) is 17.9 Å². The second-order valence-corrected chi connectivity index (χ2v) is 8.76. The molecule has 0 unspecified atom stereocenters. The van der Waals surface area contributed by atoms with Crippen LogP contribution in [0.15, 0.2) is 41.4 Å². The van der Waals surface area contributed by atoms with Gasteiger partial charge in [0.15, 0.2) is 14.9 Å². The Hall–Kier alpha value is -2.36. The number of hydrogen-bond acceptors (Lipinski definition) is 4. The zero-order valence-corrected chi connectivity index (χ0v) is 16.9. The number of rotatable bonds is 6. The molecular formula is C19H16ClF3N2O3S. The van der Waals surface area contributed by atoms with E-state index in [1.807, 2.05) is 0 Å². The molecule has 3 aromatic rings. The molecule has 10 heteroatoms. The summed E-state index contributed by atoms with van der Waals surface area (Å²) in [5.74, 6) is -2.06. The summed E-state index contributed by atoms with van der Waals surface area (Å²) in [6.07, 6.45) is 0.00474. The van der Waals surface area contributed by atoms with Crippen LogP contribution in [0.2, 0.25) is 5.02 Å². The van der Waals surface area contributed by atoms with Gasteiger partial charge in [-0.3, -0.25) is 0 Å². The summed E-state index contributed by atoms with van der Waals surface area (Å²) in [6.45, 7) is 1.25. The first-order valence-corrected chi connectivity index (χ1v) is 10.6. The van der Waals surface area contributed by atoms with Crippen molar-refractivity contribution in [2.75, 3.05) is 6.26 Å². The molecule has 1 atom stereocenters. The van der Waals surface area contributed by atoms with E-state index in [-0.39, 0.29) is 33.7 Å². The van der Waals surface area contributed by atoms with Crippen LogP contribution >= 0.6 is 11.6 Å². The summed E-state index contributed by atoms with van der Waals surface area (Å²) < 4.78 is 70.2. The molecule has 0 spiro atoms. The van der Waals surface area contributed by atoms with Crippen LogP contribution in [0.3, 0.4) is 0 Å². The monoisotopic (exact) mass is 444 g/mol. The van der Waals surface area contributed by atoms with Crippen molar-refractivity contribution in [2.24, 2.45) is 0 Å². The zero-order valence-electron chi connectivity index (χ0n) is 15.3. The number of sulfone groups is 1. The third kappa shape index (κ3) is 4.80. The van der Waals surface area contributed by atoms with Gasteiger partial charge in [0.2, 0.25) is 0 Å². The number of nitrogens with one attached hydrogen (secondary N) is 1. The van der Waals surface area contributed by atoms with E-state index in [9.17, 15) is 21.6 Å². The maximum Gasteiger partial charge on any atom is 0.194 e. The largest absolute Gasteiger partial charge is 0.361 e. The van der Waals surface area contributed by atoms with E-state index in [1.165, 1.54) is 25.1 Å². The summed E-state index contributed by atoms with van der Waals surface area (Å²) in [4.78, 5) is 6.94. The Kier molecular flexibility index (Phi) is 6.02. The van der Waals surface area contributed by atoms with Gasteiger partial charge in [-0.05, 0) is 30.7 Å². The molecule has 0 fully saturated rings. The van der Waals surface area contributed by atoms with Crippen LogP contribution < -0.4 is 0 Å². The highest BCUT2D eigenvalue weighted by molar-refractivity contribution is 7.90. The number of nitrogens with zero attached hydrogens (tertiary/aromatic N) is 1. The predicted octanol–water partition coefficient (Wildman–Crippen LogP) is 4.50. The third-order valence-electron chi connectivity index (χ3n) is 4.12. The first kappa shape index (κ1) is 21.4. The number of H-pyrrole nitrogens is 1. The maximum atomic E-state index is 14.0. The lowest BCUT2D eigenvalue weighted by atomic mass is 10.1. The van der Waals surface area contributed by atoms with Crippen LogP contribution in [0.5, 0.6) is 0 Å². The van der Waals surface area contributed by atoms with Crippen LogP contribution in [0.1, 0.15) is 28.7 Å². The topological polar surface area (TPSA) is 72.0 Å². The van der Waals surface area contributed by atoms with E-state index >= 15 is 0 Å². The number of halogens is 4. The minimum Gasteiger partial charge on any atom is -0.361 e.